The van der Waals surface area contributed by atoms with Crippen LogP contribution in [0.2, 0.25) is 10.0 Å². The van der Waals surface area contributed by atoms with Crippen LogP contribution >= 0.6 is 23.2 Å². The number of halogens is 2. The molecular formula is C17H16Cl2N2O4. The van der Waals surface area contributed by atoms with Crippen LogP contribution in [0.15, 0.2) is 41.6 Å². The van der Waals surface area contributed by atoms with Crippen LogP contribution in [0.1, 0.15) is 5.56 Å². The van der Waals surface area contributed by atoms with Crippen molar-refractivity contribution in [2.24, 2.45) is 5.16 Å². The molecule has 0 saturated carbocycles. The quantitative estimate of drug-likeness (QED) is 0.580. The monoisotopic (exact) mass is 382 g/mol. The number of carbonyl (C=O) groups is 1. The first kappa shape index (κ1) is 18.9. The summed E-state index contributed by atoms with van der Waals surface area (Å²) in [4.78, 5) is 16.9. The molecule has 1 amide bonds. The summed E-state index contributed by atoms with van der Waals surface area (Å²) >= 11 is 11.9. The minimum Gasteiger partial charge on any atom is -0.497 e. The van der Waals surface area contributed by atoms with Gasteiger partial charge in [-0.25, -0.2) is 0 Å². The molecule has 0 aliphatic carbocycles. The molecule has 6 nitrogen and oxygen atoms in total. The second-order valence-corrected chi connectivity index (χ2v) is 5.55. The fourth-order valence-corrected chi connectivity index (χ4v) is 2.26. The molecule has 8 heteroatoms. The third-order valence-corrected chi connectivity index (χ3v) is 3.96. The molecule has 2 rings (SSSR count). The second kappa shape index (κ2) is 9.15. The smallest absolute Gasteiger partial charge is 0.265 e. The molecule has 25 heavy (non-hydrogen) atoms. The number of rotatable bonds is 7. The molecule has 0 fully saturated rings. The number of methoxy groups -OCH3 is 2. The normalized spacial score (nSPS) is 10.6. The Morgan fingerprint density at radius 2 is 2.00 bits per heavy atom. The zero-order chi connectivity index (χ0) is 18.2. The highest BCUT2D eigenvalue weighted by molar-refractivity contribution is 6.43. The van der Waals surface area contributed by atoms with E-state index in [1.165, 1.54) is 20.4 Å². The van der Waals surface area contributed by atoms with Gasteiger partial charge in [-0.15, -0.1) is 0 Å². The van der Waals surface area contributed by atoms with Crippen molar-refractivity contribution in [3.05, 3.63) is 52.0 Å². The highest BCUT2D eigenvalue weighted by atomic mass is 35.5. The summed E-state index contributed by atoms with van der Waals surface area (Å²) < 4.78 is 10.3. The van der Waals surface area contributed by atoms with Gasteiger partial charge in [-0.1, -0.05) is 40.5 Å². The Labute approximate surface area is 155 Å². The zero-order valence-electron chi connectivity index (χ0n) is 13.6. The van der Waals surface area contributed by atoms with Crippen LogP contribution in [-0.2, 0) is 9.63 Å². The summed E-state index contributed by atoms with van der Waals surface area (Å²) in [6, 6.07) is 10.2. The first-order valence-corrected chi connectivity index (χ1v) is 7.92. The van der Waals surface area contributed by atoms with Crippen molar-refractivity contribution < 1.29 is 19.1 Å². The van der Waals surface area contributed by atoms with Gasteiger partial charge in [-0.3, -0.25) is 4.79 Å². The van der Waals surface area contributed by atoms with E-state index in [4.69, 9.17) is 37.5 Å². The fraction of sp³-hybridized carbons (Fsp3) is 0.176. The minimum atomic E-state index is -0.402. The van der Waals surface area contributed by atoms with Crippen LogP contribution in [0.5, 0.6) is 11.5 Å². The van der Waals surface area contributed by atoms with Gasteiger partial charge in [-0.05, 0) is 18.2 Å². The topological polar surface area (TPSA) is 69.2 Å². The summed E-state index contributed by atoms with van der Waals surface area (Å²) in [5.74, 6) is 0.690. The first-order valence-electron chi connectivity index (χ1n) is 7.16. The van der Waals surface area contributed by atoms with Crippen LogP contribution in [0.4, 0.5) is 5.69 Å². The van der Waals surface area contributed by atoms with E-state index in [0.29, 0.717) is 32.8 Å². The van der Waals surface area contributed by atoms with Crippen molar-refractivity contribution in [2.75, 3.05) is 26.1 Å². The number of anilines is 1. The number of benzene rings is 2. The van der Waals surface area contributed by atoms with Gasteiger partial charge >= 0.3 is 0 Å². The van der Waals surface area contributed by atoms with Crippen molar-refractivity contribution in [1.29, 1.82) is 0 Å². The van der Waals surface area contributed by atoms with E-state index in [9.17, 15) is 4.79 Å². The van der Waals surface area contributed by atoms with Crippen LogP contribution in [-0.4, -0.2) is 32.9 Å². The lowest BCUT2D eigenvalue weighted by Gasteiger charge is -2.11. The Morgan fingerprint density at radius 3 is 2.72 bits per heavy atom. The Hall–Kier alpha value is -2.44. The molecule has 0 aliphatic rings. The maximum Gasteiger partial charge on any atom is 0.265 e. The van der Waals surface area contributed by atoms with E-state index in [1.807, 2.05) is 0 Å². The van der Waals surface area contributed by atoms with E-state index >= 15 is 0 Å². The molecule has 2 aromatic rings. The van der Waals surface area contributed by atoms with Gasteiger partial charge in [0, 0.05) is 11.6 Å². The third kappa shape index (κ3) is 5.27. The van der Waals surface area contributed by atoms with E-state index in [-0.39, 0.29) is 6.61 Å². The van der Waals surface area contributed by atoms with Gasteiger partial charge in [-0.2, -0.15) is 0 Å². The summed E-state index contributed by atoms with van der Waals surface area (Å²) in [7, 11) is 3.04. The standard InChI is InChI=1S/C17H16Cl2N2O4/c1-23-12-6-7-15(24-2)14(8-12)21-16(22)10-25-20-9-11-4-3-5-13(18)17(11)19/h3-9H,10H2,1-2H3,(H,21,22)/b20-9-. The molecule has 0 aromatic heterocycles. The molecule has 132 valence electrons. The molecule has 1 N–H and O–H groups in total. The number of oxime groups is 1. The minimum absolute atomic E-state index is 0.283. The highest BCUT2D eigenvalue weighted by Crippen LogP contribution is 2.28. The summed E-state index contributed by atoms with van der Waals surface area (Å²) in [5, 5.41) is 7.16. The van der Waals surface area contributed by atoms with Gasteiger partial charge in [0.05, 0.1) is 36.2 Å². The highest BCUT2D eigenvalue weighted by Gasteiger charge is 2.09. The number of nitrogens with zero attached hydrogens (tertiary/aromatic N) is 1. The van der Waals surface area contributed by atoms with Gasteiger partial charge in [0.15, 0.2) is 6.61 Å². The predicted molar refractivity (Wildman–Crippen MR) is 98.2 cm³/mol. The van der Waals surface area contributed by atoms with Gasteiger partial charge in [0.1, 0.15) is 11.5 Å². The maximum absolute atomic E-state index is 12.0. The average Bonchev–Trinajstić information content (AvgIpc) is 2.62. The largest absolute Gasteiger partial charge is 0.497 e. The van der Waals surface area contributed by atoms with Crippen LogP contribution < -0.4 is 14.8 Å². The maximum atomic E-state index is 12.0. The zero-order valence-corrected chi connectivity index (χ0v) is 15.1. The summed E-state index contributed by atoms with van der Waals surface area (Å²) in [5.41, 5.74) is 1.06. The Balaban J connectivity index is 1.93. The van der Waals surface area contributed by atoms with Crippen molar-refractivity contribution in [1.82, 2.24) is 0 Å². The number of ether oxygens (including phenoxy) is 2. The average molecular weight is 383 g/mol. The molecule has 0 spiro atoms. The van der Waals surface area contributed by atoms with Crippen LogP contribution in [0, 0.1) is 0 Å². The van der Waals surface area contributed by atoms with Gasteiger partial charge in [0.25, 0.3) is 5.91 Å². The molecular weight excluding hydrogens is 367 g/mol. The van der Waals surface area contributed by atoms with Crippen molar-refractivity contribution >= 4 is 41.0 Å². The molecule has 0 unspecified atom stereocenters. The van der Waals surface area contributed by atoms with Crippen molar-refractivity contribution in [3.63, 3.8) is 0 Å². The van der Waals surface area contributed by atoms with Crippen LogP contribution in [0.3, 0.4) is 0 Å². The Bertz CT molecular complexity index is 781. The molecule has 0 radical (unpaired) electrons. The van der Waals surface area contributed by atoms with Gasteiger partial charge < -0.3 is 19.6 Å². The van der Waals surface area contributed by atoms with Crippen LogP contribution in [0.25, 0.3) is 0 Å². The molecule has 0 bridgehead atoms. The number of carbonyl (C=O) groups excluding carboxylic acids is 1. The number of hydrogen-bond donors (Lipinski definition) is 1. The van der Waals surface area contributed by atoms with E-state index < -0.39 is 5.91 Å². The lowest BCUT2D eigenvalue weighted by molar-refractivity contribution is -0.120. The van der Waals surface area contributed by atoms with Gasteiger partial charge in [0.2, 0.25) is 0 Å². The number of nitrogens with one attached hydrogen (secondary N) is 1. The molecule has 0 heterocycles. The number of amides is 1. The Morgan fingerprint density at radius 1 is 1.20 bits per heavy atom. The van der Waals surface area contributed by atoms with E-state index in [0.717, 1.165) is 0 Å². The second-order valence-electron chi connectivity index (χ2n) is 4.77. The lowest BCUT2D eigenvalue weighted by Crippen LogP contribution is -2.17. The molecule has 0 saturated heterocycles. The van der Waals surface area contributed by atoms with E-state index in [1.54, 1.807) is 36.4 Å². The number of hydrogen-bond acceptors (Lipinski definition) is 5. The first-order chi connectivity index (χ1) is 12.0. The van der Waals surface area contributed by atoms with E-state index in [2.05, 4.69) is 10.5 Å². The lowest BCUT2D eigenvalue weighted by atomic mass is 10.2. The van der Waals surface area contributed by atoms with Crippen molar-refractivity contribution in [3.8, 4) is 11.5 Å². The predicted octanol–water partition coefficient (Wildman–Crippen LogP) is 4.00. The Kier molecular flexibility index (Phi) is 6.91. The fourth-order valence-electron chi connectivity index (χ4n) is 1.91. The summed E-state index contributed by atoms with van der Waals surface area (Å²) in [6.07, 6.45) is 1.38. The molecule has 2 aromatic carbocycles. The summed E-state index contributed by atoms with van der Waals surface area (Å²) in [6.45, 7) is -0.283. The SMILES string of the molecule is COc1ccc(OC)c(NC(=O)CO/N=C\c2cccc(Cl)c2Cl)c1. The van der Waals surface area contributed by atoms with Crippen molar-refractivity contribution in [2.45, 2.75) is 0 Å². The third-order valence-electron chi connectivity index (χ3n) is 3.12. The molecule has 0 aliphatic heterocycles. The molecule has 0 atom stereocenters.